The van der Waals surface area contributed by atoms with E-state index in [9.17, 15) is 8.78 Å². The number of hydrogen-bond acceptors (Lipinski definition) is 2. The molecule has 0 aliphatic carbocycles. The van der Waals surface area contributed by atoms with E-state index in [4.69, 9.17) is 28.9 Å². The molecule has 0 aliphatic rings. The molecule has 1 aromatic heterocycles. The van der Waals surface area contributed by atoms with Crippen LogP contribution in [0.4, 0.5) is 14.5 Å². The first kappa shape index (κ1) is 12.1. The summed E-state index contributed by atoms with van der Waals surface area (Å²) in [5, 5.41) is 4.42. The topological polar surface area (TPSA) is 43.8 Å². The summed E-state index contributed by atoms with van der Waals surface area (Å²) < 4.78 is 26.6. The molecule has 0 unspecified atom stereocenters. The van der Waals surface area contributed by atoms with E-state index in [0.717, 1.165) is 10.9 Å². The van der Waals surface area contributed by atoms with Crippen LogP contribution in [0.2, 0.25) is 10.0 Å². The Morgan fingerprint density at radius 2 is 2.00 bits per heavy atom. The molecule has 0 fully saturated rings. The molecule has 17 heavy (non-hydrogen) atoms. The van der Waals surface area contributed by atoms with Gasteiger partial charge in [-0.25, -0.2) is 13.5 Å². The number of hydrogen-bond donors (Lipinski definition) is 1. The lowest BCUT2D eigenvalue weighted by Crippen LogP contribution is -2.04. The minimum Gasteiger partial charge on any atom is -0.396 e. The van der Waals surface area contributed by atoms with Crippen LogP contribution in [0, 0.1) is 0 Å². The summed E-state index contributed by atoms with van der Waals surface area (Å²) in [5.41, 5.74) is 5.28. The zero-order chi connectivity index (χ0) is 12.6. The number of benzene rings is 1. The summed E-state index contributed by atoms with van der Waals surface area (Å²) >= 11 is 11.6. The van der Waals surface area contributed by atoms with Crippen LogP contribution in [0.5, 0.6) is 0 Å². The lowest BCUT2D eigenvalue weighted by molar-refractivity contribution is 0.143. The van der Waals surface area contributed by atoms with Crippen LogP contribution in [-0.4, -0.2) is 9.78 Å². The van der Waals surface area contributed by atoms with Crippen LogP contribution >= 0.6 is 23.2 Å². The smallest absolute Gasteiger partial charge is 0.282 e. The van der Waals surface area contributed by atoms with Gasteiger partial charge in [-0.05, 0) is 18.2 Å². The van der Waals surface area contributed by atoms with Crippen molar-refractivity contribution in [1.82, 2.24) is 9.78 Å². The maximum Gasteiger partial charge on any atom is 0.282 e. The number of anilines is 1. The van der Waals surface area contributed by atoms with E-state index in [2.05, 4.69) is 5.10 Å². The van der Waals surface area contributed by atoms with Crippen molar-refractivity contribution in [3.8, 4) is 5.69 Å². The number of halogens is 4. The Labute approximate surface area is 106 Å². The van der Waals surface area contributed by atoms with Crippen molar-refractivity contribution < 1.29 is 8.78 Å². The highest BCUT2D eigenvalue weighted by molar-refractivity contribution is 6.35. The molecule has 0 radical (unpaired) electrons. The molecule has 0 aliphatic heterocycles. The Kier molecular flexibility index (Phi) is 3.22. The number of alkyl halides is 2. The van der Waals surface area contributed by atoms with E-state index in [0.29, 0.717) is 10.7 Å². The Balaban J connectivity index is 2.61. The monoisotopic (exact) mass is 277 g/mol. The van der Waals surface area contributed by atoms with E-state index in [1.165, 1.54) is 18.2 Å². The highest BCUT2D eigenvalue weighted by Crippen LogP contribution is 2.31. The third kappa shape index (κ3) is 2.21. The highest BCUT2D eigenvalue weighted by atomic mass is 35.5. The van der Waals surface area contributed by atoms with Gasteiger partial charge in [0.25, 0.3) is 6.43 Å². The predicted octanol–water partition coefficient (Wildman–Crippen LogP) is 3.70. The molecule has 3 nitrogen and oxygen atoms in total. The second-order valence-electron chi connectivity index (χ2n) is 3.29. The SMILES string of the molecule is Nc1cnn(-c2ccc(Cl)cc2Cl)c1C(F)F. The quantitative estimate of drug-likeness (QED) is 0.910. The molecule has 1 heterocycles. The van der Waals surface area contributed by atoms with Crippen LogP contribution in [0.25, 0.3) is 5.69 Å². The van der Waals surface area contributed by atoms with Crippen molar-refractivity contribution in [2.24, 2.45) is 0 Å². The molecule has 90 valence electrons. The van der Waals surface area contributed by atoms with Gasteiger partial charge < -0.3 is 5.73 Å². The number of nitrogens with two attached hydrogens (primary N) is 1. The van der Waals surface area contributed by atoms with E-state index in [1.54, 1.807) is 0 Å². The van der Waals surface area contributed by atoms with Crippen molar-refractivity contribution in [1.29, 1.82) is 0 Å². The zero-order valence-electron chi connectivity index (χ0n) is 8.37. The van der Waals surface area contributed by atoms with Crippen molar-refractivity contribution in [3.63, 3.8) is 0 Å². The van der Waals surface area contributed by atoms with E-state index >= 15 is 0 Å². The fraction of sp³-hybridized carbons (Fsp3) is 0.100. The number of rotatable bonds is 2. The molecule has 0 saturated carbocycles. The fourth-order valence-electron chi connectivity index (χ4n) is 1.43. The van der Waals surface area contributed by atoms with Gasteiger partial charge in [0.1, 0.15) is 5.69 Å². The lowest BCUT2D eigenvalue weighted by Gasteiger charge is -2.09. The van der Waals surface area contributed by atoms with Crippen LogP contribution in [0.3, 0.4) is 0 Å². The summed E-state index contributed by atoms with van der Waals surface area (Å²) in [7, 11) is 0. The molecule has 0 atom stereocenters. The summed E-state index contributed by atoms with van der Waals surface area (Å²) in [5.74, 6) is 0. The molecule has 2 aromatic rings. The molecular formula is C10H7Cl2F2N3. The van der Waals surface area contributed by atoms with Gasteiger partial charge in [-0.15, -0.1) is 0 Å². The van der Waals surface area contributed by atoms with Gasteiger partial charge in [0, 0.05) is 5.02 Å². The molecule has 0 saturated heterocycles. The van der Waals surface area contributed by atoms with Gasteiger partial charge in [0.15, 0.2) is 0 Å². The molecule has 0 spiro atoms. The van der Waals surface area contributed by atoms with Crippen LogP contribution in [0.1, 0.15) is 12.1 Å². The summed E-state index contributed by atoms with van der Waals surface area (Å²) in [4.78, 5) is 0. The van der Waals surface area contributed by atoms with Gasteiger partial charge >= 0.3 is 0 Å². The third-order valence-electron chi connectivity index (χ3n) is 2.18. The second kappa shape index (κ2) is 4.50. The molecule has 2 rings (SSSR count). The zero-order valence-corrected chi connectivity index (χ0v) is 9.88. The summed E-state index contributed by atoms with van der Waals surface area (Å²) in [6.07, 6.45) is -1.57. The van der Waals surface area contributed by atoms with Crippen molar-refractivity contribution in [3.05, 3.63) is 40.1 Å². The molecule has 1 aromatic carbocycles. The third-order valence-corrected chi connectivity index (χ3v) is 2.72. The number of nitrogen functional groups attached to an aromatic ring is 1. The summed E-state index contributed by atoms with van der Waals surface area (Å²) in [6, 6.07) is 4.49. The fourth-order valence-corrected chi connectivity index (χ4v) is 1.92. The van der Waals surface area contributed by atoms with Gasteiger partial charge in [0.2, 0.25) is 0 Å². The van der Waals surface area contributed by atoms with Crippen LogP contribution in [-0.2, 0) is 0 Å². The van der Waals surface area contributed by atoms with E-state index in [-0.39, 0.29) is 16.4 Å². The minimum atomic E-state index is -2.73. The molecule has 7 heteroatoms. The average Bonchev–Trinajstić information content (AvgIpc) is 2.60. The molecule has 0 amide bonds. The first-order valence-electron chi connectivity index (χ1n) is 4.57. The Morgan fingerprint density at radius 1 is 1.29 bits per heavy atom. The minimum absolute atomic E-state index is 0.0778. The van der Waals surface area contributed by atoms with Gasteiger partial charge in [-0.2, -0.15) is 5.10 Å². The molecular weight excluding hydrogens is 271 g/mol. The largest absolute Gasteiger partial charge is 0.396 e. The maximum atomic E-state index is 12.8. The Morgan fingerprint density at radius 3 is 2.59 bits per heavy atom. The molecule has 0 bridgehead atoms. The van der Waals surface area contributed by atoms with Crippen LogP contribution < -0.4 is 5.73 Å². The average molecular weight is 278 g/mol. The Hall–Kier alpha value is -1.33. The number of aromatic nitrogens is 2. The van der Waals surface area contributed by atoms with Crippen LogP contribution in [0.15, 0.2) is 24.4 Å². The van der Waals surface area contributed by atoms with E-state index < -0.39 is 6.43 Å². The van der Waals surface area contributed by atoms with Crippen molar-refractivity contribution >= 4 is 28.9 Å². The first-order valence-corrected chi connectivity index (χ1v) is 5.33. The lowest BCUT2D eigenvalue weighted by atomic mass is 10.3. The maximum absolute atomic E-state index is 12.8. The van der Waals surface area contributed by atoms with Crippen molar-refractivity contribution in [2.45, 2.75) is 6.43 Å². The summed E-state index contributed by atoms with van der Waals surface area (Å²) in [6.45, 7) is 0. The molecule has 2 N–H and O–H groups in total. The predicted molar refractivity (Wildman–Crippen MR) is 63.0 cm³/mol. The Bertz CT molecular complexity index is 554. The van der Waals surface area contributed by atoms with Gasteiger partial charge in [-0.3, -0.25) is 0 Å². The highest BCUT2D eigenvalue weighted by Gasteiger charge is 2.20. The van der Waals surface area contributed by atoms with Gasteiger partial charge in [-0.1, -0.05) is 23.2 Å². The first-order chi connectivity index (χ1) is 8.00. The van der Waals surface area contributed by atoms with Gasteiger partial charge in [0.05, 0.1) is 22.6 Å². The standard InChI is InChI=1S/C10H7Cl2F2N3/c11-5-1-2-8(6(12)3-5)17-9(10(13)14)7(15)4-16-17/h1-4,10H,15H2. The van der Waals surface area contributed by atoms with E-state index in [1.807, 2.05) is 0 Å². The second-order valence-corrected chi connectivity index (χ2v) is 4.14. The normalized spacial score (nSPS) is 11.1. The number of nitrogens with zero attached hydrogens (tertiary/aromatic N) is 2. The van der Waals surface area contributed by atoms with Crippen molar-refractivity contribution in [2.75, 3.05) is 5.73 Å².